The SMILES string of the molecule is CC(C)(C)C(=O)CN1C(=O)[C@H](NC(=O)Nc2cccc(C(=O)O)c2)CN(C2CCCCC2)c2ccccc21.CC(C)(C)C(=O)CN1C(=O)[C@H](NC(=O)Nc2cccc(C(=O)O)c2)CN(C2CCCCC2)c2ccccc21.CC(C)(C)C(=O)CN1C(=O)[C@H](NC(=O)Nc2cccc(C(=O)O)c2)CN(C2CCCCC2)c2ccccc21.[Ca+2].[H-].[H-]. The third kappa shape index (κ3) is 23.2. The maximum Gasteiger partial charge on any atom is 2.00 e. The number of para-hydroxylation sites is 6. The first-order valence-corrected chi connectivity index (χ1v) is 39.5. The molecule has 6 aliphatic rings. The third-order valence-corrected chi connectivity index (χ3v) is 21.8. The van der Waals surface area contributed by atoms with Crippen molar-refractivity contribution in [3.05, 3.63) is 162 Å². The first kappa shape index (κ1) is 88.6. The van der Waals surface area contributed by atoms with Gasteiger partial charge in [0.1, 0.15) is 18.1 Å². The van der Waals surface area contributed by atoms with E-state index in [1.807, 2.05) is 135 Å². The Labute approximate surface area is 705 Å². The number of urea groups is 3. The standard InChI is InChI=1S/3C29H36N4O5.Ca.2H/c3*1-29(2,3)25(34)18-33-24-15-8-7-14-23(24)32(21-12-5-4-6-13-21)17-22(26(33)35)31-28(38)30-20-11-9-10-19(16-20)27(36)37;;;/h3*7-11,14-16,21-22H,4-6,12-13,17-18H2,1-3H3,(H,36,37)(H2,30,31,38);;;/q;;;+2;2*-1/t3*22-;;;/m111.../s1. The quantitative estimate of drug-likeness (QED) is 0.0361. The fourth-order valence-electron chi connectivity index (χ4n) is 15.2. The van der Waals surface area contributed by atoms with Crippen LogP contribution in [0.3, 0.4) is 0 Å². The average Bonchev–Trinajstić information content (AvgIpc) is 1.68. The van der Waals surface area contributed by atoms with Gasteiger partial charge in [-0.15, -0.1) is 0 Å². The van der Waals surface area contributed by atoms with Crippen molar-refractivity contribution in [1.29, 1.82) is 0 Å². The second kappa shape index (κ2) is 39.3. The van der Waals surface area contributed by atoms with Gasteiger partial charge in [-0.25, -0.2) is 28.8 Å². The Balaban J connectivity index is 0.000000239. The average molecular weight is 1600 g/mol. The van der Waals surface area contributed by atoms with Crippen LogP contribution >= 0.6 is 0 Å². The Morgan fingerprint density at radius 3 is 0.783 bits per heavy atom. The normalized spacial score (nSPS) is 18.2. The summed E-state index contributed by atoms with van der Waals surface area (Å²) in [5.74, 6) is -4.64. The van der Waals surface area contributed by atoms with Crippen molar-refractivity contribution < 1.29 is 75.7 Å². The van der Waals surface area contributed by atoms with Gasteiger partial charge in [-0.3, -0.25) is 28.8 Å². The van der Waals surface area contributed by atoms with Crippen LogP contribution in [0.1, 0.15) is 193 Å². The fraction of sp³-hybridized carbons (Fsp3) is 0.448. The third-order valence-electron chi connectivity index (χ3n) is 21.8. The number of ketones is 3. The summed E-state index contributed by atoms with van der Waals surface area (Å²) in [6.07, 6.45) is 16.1. The number of fused-ring (bicyclic) bond motifs is 3. The molecule has 0 saturated heterocycles. The predicted octanol–water partition coefficient (Wildman–Crippen LogP) is 13.9. The molecule has 610 valence electrons. The summed E-state index contributed by atoms with van der Waals surface area (Å²) in [6, 6.07) is 36.6. The molecule has 27 nitrogen and oxygen atoms in total. The first-order valence-electron chi connectivity index (χ1n) is 39.5. The summed E-state index contributed by atoms with van der Waals surface area (Å²) in [6.45, 7) is 16.9. The number of aromatic carboxylic acids is 3. The second-order valence-electron chi connectivity index (χ2n) is 33.2. The number of carboxylic acid groups (broad SMARTS) is 3. The number of rotatable bonds is 18. The second-order valence-corrected chi connectivity index (χ2v) is 33.2. The van der Waals surface area contributed by atoms with E-state index >= 15 is 0 Å². The van der Waals surface area contributed by atoms with E-state index in [2.05, 4.69) is 46.6 Å². The summed E-state index contributed by atoms with van der Waals surface area (Å²) in [4.78, 5) is 165. The van der Waals surface area contributed by atoms with Crippen LogP contribution in [0.2, 0.25) is 0 Å². The molecule has 3 atom stereocenters. The molecule has 6 aromatic rings. The van der Waals surface area contributed by atoms with Gasteiger partial charge in [0.15, 0.2) is 17.3 Å². The largest absolute Gasteiger partial charge is 2.00 e. The van der Waals surface area contributed by atoms with Crippen molar-refractivity contribution in [2.24, 2.45) is 16.2 Å². The van der Waals surface area contributed by atoms with Crippen molar-refractivity contribution >= 4 is 160 Å². The molecule has 9 N–H and O–H groups in total. The van der Waals surface area contributed by atoms with Crippen molar-refractivity contribution in [2.45, 2.75) is 195 Å². The number of carboxylic acids is 3. The number of hydrogen-bond acceptors (Lipinski definition) is 15. The number of nitrogens with one attached hydrogen (secondary N) is 6. The van der Waals surface area contributed by atoms with E-state index in [4.69, 9.17) is 0 Å². The Morgan fingerprint density at radius 2 is 0.565 bits per heavy atom. The van der Waals surface area contributed by atoms with E-state index in [0.29, 0.717) is 34.1 Å². The topological polar surface area (TPSA) is 357 Å². The molecule has 0 spiro atoms. The molecular formula is C87H110CaN12O15. The van der Waals surface area contributed by atoms with Crippen molar-refractivity contribution in [3.63, 3.8) is 0 Å². The van der Waals surface area contributed by atoms with Crippen LogP contribution in [-0.4, -0.2) is 200 Å². The van der Waals surface area contributed by atoms with Crippen LogP contribution in [0, 0.1) is 16.2 Å². The van der Waals surface area contributed by atoms with Crippen LogP contribution in [0.25, 0.3) is 0 Å². The zero-order chi connectivity index (χ0) is 82.3. The van der Waals surface area contributed by atoms with Crippen LogP contribution < -0.4 is 61.3 Å². The van der Waals surface area contributed by atoms with E-state index in [9.17, 15) is 72.9 Å². The van der Waals surface area contributed by atoms with Crippen molar-refractivity contribution in [1.82, 2.24) is 16.0 Å². The van der Waals surface area contributed by atoms with Crippen LogP contribution in [-0.2, 0) is 28.8 Å². The zero-order valence-corrected chi connectivity index (χ0v) is 69.5. The number of Topliss-reactive ketones (excluding diaryl/α,β-unsaturated/α-hetero) is 3. The number of hydrogen-bond donors (Lipinski definition) is 9. The fourth-order valence-corrected chi connectivity index (χ4v) is 15.2. The molecule has 3 aliphatic heterocycles. The molecule has 3 fully saturated rings. The van der Waals surface area contributed by atoms with Crippen LogP contribution in [0.15, 0.2) is 146 Å². The monoisotopic (exact) mass is 1600 g/mol. The summed E-state index contributed by atoms with van der Waals surface area (Å²) < 4.78 is 0. The van der Waals surface area contributed by atoms with Crippen LogP contribution in [0.4, 0.5) is 65.6 Å². The van der Waals surface area contributed by atoms with Gasteiger partial charge in [-0.1, -0.05) is 175 Å². The van der Waals surface area contributed by atoms with Gasteiger partial charge in [0.05, 0.1) is 70.4 Å². The van der Waals surface area contributed by atoms with Gasteiger partial charge in [-0.05, 0) is 130 Å². The molecule has 115 heavy (non-hydrogen) atoms. The van der Waals surface area contributed by atoms with Gasteiger partial charge in [0, 0.05) is 71.1 Å². The van der Waals surface area contributed by atoms with Crippen LogP contribution in [0.5, 0.6) is 0 Å². The maximum absolute atomic E-state index is 14.0. The van der Waals surface area contributed by atoms with E-state index in [1.165, 1.54) is 88.6 Å². The summed E-state index contributed by atoms with van der Waals surface area (Å²) in [5, 5.41) is 44.2. The van der Waals surface area contributed by atoms with E-state index in [0.717, 1.165) is 94.1 Å². The molecular weight excluding hydrogens is 1490 g/mol. The van der Waals surface area contributed by atoms with E-state index < -0.39 is 70.4 Å². The minimum absolute atomic E-state index is 0. The molecule has 6 aromatic carbocycles. The smallest absolute Gasteiger partial charge is 1.00 e. The molecule has 0 radical (unpaired) electrons. The molecule has 28 heteroatoms. The number of nitrogens with zero attached hydrogens (tertiary/aromatic N) is 6. The molecule has 0 aromatic heterocycles. The zero-order valence-electron chi connectivity index (χ0n) is 69.3. The summed E-state index contributed by atoms with van der Waals surface area (Å²) >= 11 is 0. The minimum Gasteiger partial charge on any atom is -1.00 e. The summed E-state index contributed by atoms with van der Waals surface area (Å²) in [5.41, 5.74) is 3.76. The van der Waals surface area contributed by atoms with Gasteiger partial charge < -0.3 is 79.5 Å². The number of benzene rings is 6. The minimum atomic E-state index is -1.10. The molecule has 0 unspecified atom stereocenters. The van der Waals surface area contributed by atoms with Crippen molar-refractivity contribution in [2.75, 3.05) is 84.6 Å². The molecule has 3 saturated carbocycles. The number of carbonyl (C=O) groups excluding carboxylic acids is 9. The molecule has 0 bridgehead atoms. The Bertz CT molecular complexity index is 4120. The van der Waals surface area contributed by atoms with Gasteiger partial charge in [0.25, 0.3) is 17.7 Å². The Kier molecular flexibility index (Phi) is 30.3. The molecule has 3 aliphatic carbocycles. The van der Waals surface area contributed by atoms with E-state index in [1.54, 1.807) is 18.2 Å². The number of amides is 9. The Hall–Kier alpha value is -10.4. The predicted molar refractivity (Wildman–Crippen MR) is 448 cm³/mol. The number of carbonyl (C=O) groups is 12. The molecule has 3 heterocycles. The first-order chi connectivity index (χ1) is 54.1. The Morgan fingerprint density at radius 1 is 0.339 bits per heavy atom. The van der Waals surface area contributed by atoms with Gasteiger partial charge >= 0.3 is 73.7 Å². The number of anilines is 9. The van der Waals surface area contributed by atoms with E-state index in [-0.39, 0.29) is 150 Å². The maximum atomic E-state index is 14.0. The van der Waals surface area contributed by atoms with Gasteiger partial charge in [0.2, 0.25) is 0 Å². The molecule has 9 amide bonds. The molecule has 12 rings (SSSR count). The van der Waals surface area contributed by atoms with Gasteiger partial charge in [-0.2, -0.15) is 0 Å². The van der Waals surface area contributed by atoms with Crippen molar-refractivity contribution in [3.8, 4) is 0 Å². The summed E-state index contributed by atoms with van der Waals surface area (Å²) in [7, 11) is 0.